The smallest absolute Gasteiger partial charge is 0.251 e. The van der Waals surface area contributed by atoms with E-state index in [0.717, 1.165) is 5.01 Å². The van der Waals surface area contributed by atoms with Crippen molar-refractivity contribution in [1.29, 1.82) is 0 Å². The van der Waals surface area contributed by atoms with Crippen molar-refractivity contribution in [3.05, 3.63) is 5.01 Å². The minimum atomic E-state index is -0.529. The number of aliphatic hydroxyl groups excluding tert-OH is 1. The lowest BCUT2D eigenvalue weighted by atomic mass is 10.7. The van der Waals surface area contributed by atoms with E-state index in [1.165, 1.54) is 11.3 Å². The fourth-order valence-electron chi connectivity index (χ4n) is 0.506. The zero-order valence-corrected chi connectivity index (χ0v) is 6.68. The van der Waals surface area contributed by atoms with Crippen LogP contribution in [-0.4, -0.2) is 27.8 Å². The molecule has 0 aliphatic rings. The van der Waals surface area contributed by atoms with E-state index in [1.807, 2.05) is 0 Å². The lowest BCUT2D eigenvalue weighted by Gasteiger charge is -1.93. The average molecular weight is 173 g/mol. The van der Waals surface area contributed by atoms with E-state index in [0.29, 0.717) is 5.13 Å². The number of hydrogen-bond acceptors (Lipinski definition) is 5. The van der Waals surface area contributed by atoms with Crippen molar-refractivity contribution < 1.29 is 9.90 Å². The van der Waals surface area contributed by atoms with Gasteiger partial charge in [-0.2, -0.15) is 0 Å². The van der Waals surface area contributed by atoms with Crippen molar-refractivity contribution in [2.75, 3.05) is 11.9 Å². The molecule has 0 radical (unpaired) electrons. The molecular weight excluding hydrogens is 166 g/mol. The number of aryl methyl sites for hydroxylation is 1. The standard InChI is InChI=1S/C5H7N3O2S/c1-3-7-8-5(11-3)6-4(10)2-9/h9H,2H2,1H3,(H,6,8,10). The Bertz CT molecular complexity index is 260. The topological polar surface area (TPSA) is 75.1 Å². The molecule has 0 atom stereocenters. The van der Waals surface area contributed by atoms with E-state index in [1.54, 1.807) is 6.92 Å². The largest absolute Gasteiger partial charge is 0.387 e. The summed E-state index contributed by atoms with van der Waals surface area (Å²) < 4.78 is 0. The first-order chi connectivity index (χ1) is 5.22. The number of aromatic nitrogens is 2. The van der Waals surface area contributed by atoms with Gasteiger partial charge in [-0.1, -0.05) is 11.3 Å². The molecule has 0 saturated carbocycles. The number of nitrogens with zero attached hydrogens (tertiary/aromatic N) is 2. The molecule has 0 spiro atoms. The Morgan fingerprint density at radius 2 is 2.45 bits per heavy atom. The number of carbonyl (C=O) groups excluding carboxylic acids is 1. The van der Waals surface area contributed by atoms with Crippen molar-refractivity contribution >= 4 is 22.4 Å². The summed E-state index contributed by atoms with van der Waals surface area (Å²) in [5, 5.41) is 19.2. The molecule has 0 aliphatic heterocycles. The van der Waals surface area contributed by atoms with Gasteiger partial charge < -0.3 is 5.11 Å². The van der Waals surface area contributed by atoms with Gasteiger partial charge in [0.1, 0.15) is 11.6 Å². The number of carbonyl (C=O) groups is 1. The van der Waals surface area contributed by atoms with Gasteiger partial charge >= 0.3 is 0 Å². The molecule has 1 aromatic heterocycles. The van der Waals surface area contributed by atoms with Gasteiger partial charge in [0.2, 0.25) is 5.13 Å². The molecule has 1 aromatic rings. The van der Waals surface area contributed by atoms with Crippen LogP contribution in [0.15, 0.2) is 0 Å². The van der Waals surface area contributed by atoms with Crippen LogP contribution in [-0.2, 0) is 4.79 Å². The normalized spacial score (nSPS) is 9.64. The highest BCUT2D eigenvalue weighted by Gasteiger charge is 2.03. The summed E-state index contributed by atoms with van der Waals surface area (Å²) in [6.45, 7) is 1.25. The number of rotatable bonds is 2. The van der Waals surface area contributed by atoms with Crippen LogP contribution < -0.4 is 5.32 Å². The Balaban J connectivity index is 2.57. The second-order valence-electron chi connectivity index (χ2n) is 1.83. The predicted molar refractivity (Wildman–Crippen MR) is 40.4 cm³/mol. The van der Waals surface area contributed by atoms with E-state index in [4.69, 9.17) is 5.11 Å². The van der Waals surface area contributed by atoms with E-state index in [-0.39, 0.29) is 0 Å². The zero-order valence-electron chi connectivity index (χ0n) is 5.87. The molecule has 0 unspecified atom stereocenters. The SMILES string of the molecule is Cc1nnc(NC(=O)CO)s1. The third-order valence-corrected chi connectivity index (χ3v) is 1.67. The van der Waals surface area contributed by atoms with Crippen LogP contribution in [0.3, 0.4) is 0 Å². The van der Waals surface area contributed by atoms with Crippen LogP contribution in [0.2, 0.25) is 0 Å². The Kier molecular flexibility index (Phi) is 2.50. The highest BCUT2D eigenvalue weighted by Crippen LogP contribution is 2.12. The lowest BCUT2D eigenvalue weighted by Crippen LogP contribution is -2.15. The summed E-state index contributed by atoms with van der Waals surface area (Å²) in [4.78, 5) is 10.6. The molecule has 1 amide bonds. The molecular formula is C5H7N3O2S. The molecule has 0 saturated heterocycles. The summed E-state index contributed by atoms with van der Waals surface area (Å²) in [5.74, 6) is -0.471. The summed E-state index contributed by atoms with van der Waals surface area (Å²) in [5.41, 5.74) is 0. The molecule has 0 aliphatic carbocycles. The van der Waals surface area contributed by atoms with Crippen LogP contribution in [0.5, 0.6) is 0 Å². The maximum absolute atomic E-state index is 10.6. The third-order valence-electron chi connectivity index (χ3n) is 0.916. The first-order valence-electron chi connectivity index (χ1n) is 2.93. The Labute approximate surface area is 67.1 Å². The van der Waals surface area contributed by atoms with Gasteiger partial charge in [-0.05, 0) is 6.92 Å². The Morgan fingerprint density at radius 1 is 1.73 bits per heavy atom. The molecule has 0 bridgehead atoms. The molecule has 0 fully saturated rings. The molecule has 5 nitrogen and oxygen atoms in total. The van der Waals surface area contributed by atoms with E-state index >= 15 is 0 Å². The molecule has 6 heteroatoms. The number of amides is 1. The van der Waals surface area contributed by atoms with Gasteiger partial charge in [-0.15, -0.1) is 10.2 Å². The van der Waals surface area contributed by atoms with Gasteiger partial charge in [0.05, 0.1) is 0 Å². The molecule has 1 rings (SSSR count). The fraction of sp³-hybridized carbons (Fsp3) is 0.400. The first kappa shape index (κ1) is 8.09. The first-order valence-corrected chi connectivity index (χ1v) is 3.75. The highest BCUT2D eigenvalue weighted by atomic mass is 32.1. The van der Waals surface area contributed by atoms with Crippen molar-refractivity contribution in [1.82, 2.24) is 10.2 Å². The summed E-state index contributed by atoms with van der Waals surface area (Å²) >= 11 is 1.27. The van der Waals surface area contributed by atoms with Crippen LogP contribution in [0.1, 0.15) is 5.01 Å². The molecule has 11 heavy (non-hydrogen) atoms. The van der Waals surface area contributed by atoms with Crippen LogP contribution >= 0.6 is 11.3 Å². The van der Waals surface area contributed by atoms with Crippen LogP contribution in [0.25, 0.3) is 0 Å². The van der Waals surface area contributed by atoms with Gasteiger partial charge in [0.15, 0.2) is 0 Å². The quantitative estimate of drug-likeness (QED) is 0.648. The zero-order chi connectivity index (χ0) is 8.27. The van der Waals surface area contributed by atoms with Gasteiger partial charge in [0, 0.05) is 0 Å². The highest BCUT2D eigenvalue weighted by molar-refractivity contribution is 7.15. The molecule has 0 aromatic carbocycles. The lowest BCUT2D eigenvalue weighted by molar-refractivity contribution is -0.118. The monoisotopic (exact) mass is 173 g/mol. The molecule has 60 valence electrons. The van der Waals surface area contributed by atoms with E-state index in [2.05, 4.69) is 15.5 Å². The fourth-order valence-corrected chi connectivity index (χ4v) is 1.11. The van der Waals surface area contributed by atoms with Gasteiger partial charge in [-0.3, -0.25) is 10.1 Å². The minimum absolute atomic E-state index is 0.418. The Morgan fingerprint density at radius 3 is 2.91 bits per heavy atom. The van der Waals surface area contributed by atoms with Crippen molar-refractivity contribution in [2.45, 2.75) is 6.92 Å². The van der Waals surface area contributed by atoms with E-state index in [9.17, 15) is 4.79 Å². The number of anilines is 1. The van der Waals surface area contributed by atoms with Crippen molar-refractivity contribution in [2.24, 2.45) is 0 Å². The maximum Gasteiger partial charge on any atom is 0.251 e. The maximum atomic E-state index is 10.6. The second-order valence-corrected chi connectivity index (χ2v) is 3.01. The van der Waals surface area contributed by atoms with Crippen LogP contribution in [0, 0.1) is 6.92 Å². The molecule has 2 N–H and O–H groups in total. The average Bonchev–Trinajstić information content (AvgIpc) is 2.35. The number of hydrogen-bond donors (Lipinski definition) is 2. The third kappa shape index (κ3) is 2.24. The van der Waals surface area contributed by atoms with Gasteiger partial charge in [0.25, 0.3) is 5.91 Å². The van der Waals surface area contributed by atoms with Crippen LogP contribution in [0.4, 0.5) is 5.13 Å². The number of nitrogens with one attached hydrogen (secondary N) is 1. The predicted octanol–water partition coefficient (Wildman–Crippen LogP) is -0.223. The minimum Gasteiger partial charge on any atom is -0.387 e. The van der Waals surface area contributed by atoms with Gasteiger partial charge in [-0.25, -0.2) is 0 Å². The Hall–Kier alpha value is -1.01. The second kappa shape index (κ2) is 3.40. The van der Waals surface area contributed by atoms with Crippen molar-refractivity contribution in [3.63, 3.8) is 0 Å². The number of aliphatic hydroxyl groups is 1. The summed E-state index contributed by atoms with van der Waals surface area (Å²) in [7, 11) is 0. The van der Waals surface area contributed by atoms with Crippen molar-refractivity contribution in [3.8, 4) is 0 Å². The molecule has 1 heterocycles. The van der Waals surface area contributed by atoms with E-state index < -0.39 is 12.5 Å². The summed E-state index contributed by atoms with van der Waals surface area (Å²) in [6.07, 6.45) is 0. The summed E-state index contributed by atoms with van der Waals surface area (Å²) in [6, 6.07) is 0.